The zero-order valence-electron chi connectivity index (χ0n) is 14.8. The van der Waals surface area contributed by atoms with Crippen molar-refractivity contribution in [2.75, 3.05) is 0 Å². The van der Waals surface area contributed by atoms with E-state index in [4.69, 9.17) is 21.7 Å². The maximum absolute atomic E-state index is 12.3. The Hall–Kier alpha value is -1.88. The second-order valence-electron chi connectivity index (χ2n) is 6.73. The lowest BCUT2D eigenvalue weighted by Gasteiger charge is -2.37. The van der Waals surface area contributed by atoms with Gasteiger partial charge in [-0.25, -0.2) is 4.79 Å². The van der Waals surface area contributed by atoms with Gasteiger partial charge in [0.2, 0.25) is 0 Å². The largest absolute Gasteiger partial charge is 0.443 e. The van der Waals surface area contributed by atoms with Crippen LogP contribution in [0.3, 0.4) is 0 Å². The van der Waals surface area contributed by atoms with Crippen LogP contribution in [-0.2, 0) is 4.74 Å². The van der Waals surface area contributed by atoms with Crippen molar-refractivity contribution in [3.05, 3.63) is 35.2 Å². The van der Waals surface area contributed by atoms with Crippen molar-refractivity contribution in [2.45, 2.75) is 58.6 Å². The molecule has 0 bridgehead atoms. The van der Waals surface area contributed by atoms with Crippen molar-refractivity contribution in [1.29, 1.82) is 5.41 Å². The first-order valence-electron chi connectivity index (χ1n) is 7.89. The van der Waals surface area contributed by atoms with Gasteiger partial charge < -0.3 is 10.1 Å². The highest BCUT2D eigenvalue weighted by Crippen LogP contribution is 2.30. The highest BCUT2D eigenvalue weighted by atomic mass is 35.5. The van der Waals surface area contributed by atoms with Gasteiger partial charge in [-0.3, -0.25) is 9.89 Å². The number of ether oxygens (including phenoxy) is 1. The smallest absolute Gasteiger partial charge is 0.414 e. The molecule has 1 aliphatic rings. The Balaban J connectivity index is 2.65. The maximum Gasteiger partial charge on any atom is 0.414 e. The number of nitrogens with zero attached hydrogens (tertiary/aromatic N) is 2. The number of rotatable bonds is 4. The summed E-state index contributed by atoms with van der Waals surface area (Å²) in [6.45, 7) is 11.6. The van der Waals surface area contributed by atoms with E-state index in [0.29, 0.717) is 12.8 Å². The second kappa shape index (κ2) is 8.83. The molecule has 0 spiro atoms. The molecule has 0 radical (unpaired) electrons. The Bertz CT molecular complexity index is 586. The molecule has 0 saturated carbocycles. The third-order valence-electron chi connectivity index (χ3n) is 3.31. The quantitative estimate of drug-likeness (QED) is 0.569. The Kier molecular flexibility index (Phi) is 7.42. The molecule has 1 unspecified atom stereocenters. The lowest BCUT2D eigenvalue weighted by molar-refractivity contribution is 0.0233. The number of likely N-dealkylation sites (tertiary alicyclic amines) is 1. The molecule has 1 N–H and O–H groups in total. The summed E-state index contributed by atoms with van der Waals surface area (Å²) in [4.78, 5) is 18.0. The van der Waals surface area contributed by atoms with Gasteiger partial charge in [-0.15, -0.1) is 0 Å². The van der Waals surface area contributed by atoms with E-state index in [2.05, 4.69) is 17.6 Å². The van der Waals surface area contributed by atoms with E-state index in [0.717, 1.165) is 18.3 Å². The highest BCUT2D eigenvalue weighted by Gasteiger charge is 2.31. The zero-order valence-corrected chi connectivity index (χ0v) is 15.6. The summed E-state index contributed by atoms with van der Waals surface area (Å²) in [6, 6.07) is 0.0107. The molecule has 1 heterocycles. The number of hydrogen-bond acceptors (Lipinski definition) is 4. The molecule has 24 heavy (non-hydrogen) atoms. The Morgan fingerprint density at radius 3 is 2.75 bits per heavy atom. The number of nitrogens with one attached hydrogen (secondary N) is 1. The van der Waals surface area contributed by atoms with Gasteiger partial charge in [0.05, 0.1) is 5.03 Å². The minimum atomic E-state index is -0.519. The number of halogens is 1. The van der Waals surface area contributed by atoms with Crippen LogP contribution in [0.25, 0.3) is 0 Å². The molecule has 132 valence electrons. The maximum atomic E-state index is 12.3. The molecule has 0 aromatic rings. The number of carbonyl (C=O) groups is 1. The first kappa shape index (κ1) is 20.2. The SMILES string of the molecule is C=C1C/C(=C/CC=N/C=C(/Cl)C=N)CC(C)N1C(=O)OC(C)(C)C. The van der Waals surface area contributed by atoms with E-state index in [1.54, 1.807) is 11.1 Å². The van der Waals surface area contributed by atoms with E-state index < -0.39 is 5.60 Å². The van der Waals surface area contributed by atoms with Gasteiger partial charge in [0, 0.05) is 43.2 Å². The Morgan fingerprint density at radius 2 is 2.21 bits per heavy atom. The predicted octanol–water partition coefficient (Wildman–Crippen LogP) is 5.04. The van der Waals surface area contributed by atoms with Gasteiger partial charge in [-0.1, -0.05) is 29.8 Å². The van der Waals surface area contributed by atoms with Gasteiger partial charge in [0.25, 0.3) is 0 Å². The summed E-state index contributed by atoms with van der Waals surface area (Å²) >= 11 is 5.65. The third kappa shape index (κ3) is 6.71. The molecule has 1 fully saturated rings. The number of carbonyl (C=O) groups excluding carboxylic acids is 1. The van der Waals surface area contributed by atoms with Crippen LogP contribution in [0.1, 0.15) is 47.0 Å². The van der Waals surface area contributed by atoms with Gasteiger partial charge in [0.1, 0.15) is 5.60 Å². The fourth-order valence-electron chi connectivity index (χ4n) is 2.42. The van der Waals surface area contributed by atoms with E-state index in [-0.39, 0.29) is 17.2 Å². The number of amides is 1. The molecule has 0 aromatic carbocycles. The van der Waals surface area contributed by atoms with Crippen molar-refractivity contribution in [3.8, 4) is 0 Å². The lowest BCUT2D eigenvalue weighted by atomic mass is 9.95. The summed E-state index contributed by atoms with van der Waals surface area (Å²) in [7, 11) is 0. The molecule has 0 aliphatic carbocycles. The van der Waals surface area contributed by atoms with Gasteiger partial charge >= 0.3 is 6.09 Å². The van der Waals surface area contributed by atoms with Crippen LogP contribution in [0.15, 0.2) is 40.1 Å². The van der Waals surface area contributed by atoms with E-state index in [9.17, 15) is 4.79 Å². The summed E-state index contributed by atoms with van der Waals surface area (Å²) < 4.78 is 5.45. The molecule has 1 saturated heterocycles. The van der Waals surface area contributed by atoms with Crippen LogP contribution >= 0.6 is 11.6 Å². The number of aliphatic imine (C=N–C) groups is 1. The molecule has 6 heteroatoms. The van der Waals surface area contributed by atoms with Crippen molar-refractivity contribution in [1.82, 2.24) is 4.90 Å². The van der Waals surface area contributed by atoms with Crippen LogP contribution in [0.2, 0.25) is 0 Å². The normalized spacial score (nSPS) is 21.5. The van der Waals surface area contributed by atoms with E-state index in [1.807, 2.05) is 27.7 Å². The minimum Gasteiger partial charge on any atom is -0.443 e. The summed E-state index contributed by atoms with van der Waals surface area (Å²) in [5, 5.41) is 7.22. The van der Waals surface area contributed by atoms with Gasteiger partial charge in [-0.05, 0) is 34.1 Å². The zero-order chi connectivity index (χ0) is 18.3. The van der Waals surface area contributed by atoms with Crippen LogP contribution in [-0.4, -0.2) is 35.1 Å². The third-order valence-corrected chi connectivity index (χ3v) is 3.52. The Labute approximate surface area is 149 Å². The van der Waals surface area contributed by atoms with Crippen molar-refractivity contribution in [2.24, 2.45) is 4.99 Å². The first-order valence-corrected chi connectivity index (χ1v) is 8.27. The molecule has 5 nitrogen and oxygen atoms in total. The average Bonchev–Trinajstić information content (AvgIpc) is 2.43. The fourth-order valence-corrected chi connectivity index (χ4v) is 2.48. The van der Waals surface area contributed by atoms with Crippen LogP contribution in [0, 0.1) is 5.41 Å². The highest BCUT2D eigenvalue weighted by molar-refractivity contribution is 6.38. The molecular weight excluding hydrogens is 326 g/mol. The molecule has 1 atom stereocenters. The van der Waals surface area contributed by atoms with Crippen LogP contribution in [0.4, 0.5) is 4.79 Å². The minimum absolute atomic E-state index is 0.0107. The molecule has 1 rings (SSSR count). The topological polar surface area (TPSA) is 65.8 Å². The van der Waals surface area contributed by atoms with Crippen LogP contribution in [0.5, 0.6) is 0 Å². The molecule has 0 aromatic heterocycles. The second-order valence-corrected chi connectivity index (χ2v) is 7.17. The van der Waals surface area contributed by atoms with E-state index >= 15 is 0 Å². The fraction of sp³-hybridized carbons (Fsp3) is 0.500. The molecular formula is C18H26ClN3O2. The monoisotopic (exact) mass is 351 g/mol. The number of piperidine rings is 1. The van der Waals surface area contributed by atoms with Crippen LogP contribution < -0.4 is 0 Å². The summed E-state index contributed by atoms with van der Waals surface area (Å²) in [6.07, 6.45) is 8.04. The lowest BCUT2D eigenvalue weighted by Crippen LogP contribution is -2.43. The van der Waals surface area contributed by atoms with Crippen molar-refractivity contribution in [3.63, 3.8) is 0 Å². The molecule has 1 aliphatic heterocycles. The average molecular weight is 352 g/mol. The van der Waals surface area contributed by atoms with Crippen molar-refractivity contribution < 1.29 is 9.53 Å². The van der Waals surface area contributed by atoms with E-state index in [1.165, 1.54) is 11.8 Å². The van der Waals surface area contributed by atoms with Crippen molar-refractivity contribution >= 4 is 30.1 Å². The van der Waals surface area contributed by atoms with Gasteiger partial charge in [0.15, 0.2) is 0 Å². The standard InChI is InChI=1S/C18H26ClN3O2/c1-13-9-15(7-6-8-21-12-16(19)11-20)10-14(2)22(13)17(23)24-18(3,4)5/h7-8,11-12,14,20H,1,6,9-10H2,2-5H3/b15-7-,16-12+,20-11?,21-8?. The Morgan fingerprint density at radius 1 is 1.54 bits per heavy atom. The predicted molar refractivity (Wildman–Crippen MR) is 99.8 cm³/mol. The molecule has 1 amide bonds. The number of allylic oxidation sites excluding steroid dienone is 3. The summed E-state index contributed by atoms with van der Waals surface area (Å²) in [5.41, 5.74) is 1.45. The first-order chi connectivity index (χ1) is 11.1. The number of hydrogen-bond donors (Lipinski definition) is 1. The summed E-state index contributed by atoms with van der Waals surface area (Å²) in [5.74, 6) is 0. The van der Waals surface area contributed by atoms with Gasteiger partial charge in [-0.2, -0.15) is 0 Å².